The predicted octanol–water partition coefficient (Wildman–Crippen LogP) is 3.21. The third-order valence-electron chi connectivity index (χ3n) is 7.09. The number of hydrogen-bond acceptors (Lipinski definition) is 8. The smallest absolute Gasteiger partial charge is 0.345 e. The number of aldehydes is 1. The molecular weight excluding hydrogens is 500 g/mol. The highest BCUT2D eigenvalue weighted by Crippen LogP contribution is 2.34. The lowest BCUT2D eigenvalue weighted by Gasteiger charge is -2.34. The van der Waals surface area contributed by atoms with Gasteiger partial charge in [0.25, 0.3) is 6.41 Å². The lowest BCUT2D eigenvalue weighted by Crippen LogP contribution is -2.41. The summed E-state index contributed by atoms with van der Waals surface area (Å²) in [7, 11) is 0. The van der Waals surface area contributed by atoms with Crippen LogP contribution >= 0.6 is 0 Å². The second-order valence-electron chi connectivity index (χ2n) is 9.77. The predicted molar refractivity (Wildman–Crippen MR) is 144 cm³/mol. The van der Waals surface area contributed by atoms with E-state index in [9.17, 15) is 14.4 Å². The van der Waals surface area contributed by atoms with Gasteiger partial charge in [-0.15, -0.1) is 0 Å². The van der Waals surface area contributed by atoms with Gasteiger partial charge in [-0.05, 0) is 36.8 Å². The largest absolute Gasteiger partial charge is 0.478 e. The molecule has 0 amide bonds. The highest BCUT2D eigenvalue weighted by atomic mass is 16.7. The van der Waals surface area contributed by atoms with Crippen molar-refractivity contribution in [3.05, 3.63) is 83.4 Å². The van der Waals surface area contributed by atoms with Gasteiger partial charge in [0.2, 0.25) is 0 Å². The van der Waals surface area contributed by atoms with Crippen LogP contribution in [0.3, 0.4) is 0 Å². The van der Waals surface area contributed by atoms with Gasteiger partial charge in [0.05, 0.1) is 19.3 Å². The summed E-state index contributed by atoms with van der Waals surface area (Å²) in [6.07, 6.45) is 2.83. The van der Waals surface area contributed by atoms with Crippen LogP contribution in [0.15, 0.2) is 72.3 Å². The maximum Gasteiger partial charge on any atom is 0.345 e. The fourth-order valence-electron chi connectivity index (χ4n) is 5.08. The number of rotatable bonds is 13. The molecule has 0 spiro atoms. The standard InChI is InChI=1S/C30H36N2O7/c33-22-25(20-28(34)35)29(36)39-30-32(21-26(38-30)13-7-10-23-8-3-1-4-9-23)27(24-11-5-2-6-12-24)14-15-31-16-18-37-19-17-31/h1-6,8-9,11-12,20,22,26-27,30H,7,10,13-19,21H2,(H,34,35)/b25-20+. The molecule has 2 saturated heterocycles. The zero-order valence-electron chi connectivity index (χ0n) is 22.0. The first-order valence-electron chi connectivity index (χ1n) is 13.4. The van der Waals surface area contributed by atoms with Crippen molar-refractivity contribution in [2.45, 2.75) is 44.2 Å². The summed E-state index contributed by atoms with van der Waals surface area (Å²) in [5.41, 5.74) is 1.75. The molecule has 0 bridgehead atoms. The molecule has 2 aromatic carbocycles. The van der Waals surface area contributed by atoms with Gasteiger partial charge in [0, 0.05) is 38.3 Å². The number of ether oxygens (including phenoxy) is 3. The zero-order valence-corrected chi connectivity index (χ0v) is 22.0. The minimum Gasteiger partial charge on any atom is -0.478 e. The molecule has 0 aromatic heterocycles. The maximum atomic E-state index is 12.8. The van der Waals surface area contributed by atoms with Crippen LogP contribution in [-0.2, 0) is 35.0 Å². The number of carboxylic acids is 1. The molecule has 0 radical (unpaired) electrons. The molecule has 2 aromatic rings. The van der Waals surface area contributed by atoms with Gasteiger partial charge in [-0.25, -0.2) is 14.5 Å². The molecule has 3 unspecified atom stereocenters. The number of aryl methyl sites for hydroxylation is 1. The van der Waals surface area contributed by atoms with Gasteiger partial charge in [0.1, 0.15) is 5.57 Å². The average molecular weight is 537 g/mol. The van der Waals surface area contributed by atoms with Crippen molar-refractivity contribution in [2.24, 2.45) is 0 Å². The molecule has 9 heteroatoms. The molecule has 2 aliphatic rings. The first kappa shape index (κ1) is 28.6. The minimum atomic E-state index is -1.40. The molecule has 0 aliphatic carbocycles. The monoisotopic (exact) mass is 536 g/mol. The van der Waals surface area contributed by atoms with Crippen molar-refractivity contribution in [2.75, 3.05) is 39.4 Å². The SMILES string of the molecule is O=C/C(=C\C(=O)O)C(=O)OC1OC(CCCc2ccccc2)CN1C(CCN1CCOCC1)c1ccccc1. The number of nitrogens with zero attached hydrogens (tertiary/aromatic N) is 2. The molecule has 0 saturated carbocycles. The van der Waals surface area contributed by atoms with E-state index in [0.29, 0.717) is 25.8 Å². The Bertz CT molecular complexity index is 1100. The Morgan fingerprint density at radius 3 is 2.41 bits per heavy atom. The first-order valence-corrected chi connectivity index (χ1v) is 13.4. The third-order valence-corrected chi connectivity index (χ3v) is 7.09. The van der Waals surface area contributed by atoms with E-state index in [1.54, 1.807) is 0 Å². The normalized spacial score (nSPS) is 21.4. The van der Waals surface area contributed by atoms with Gasteiger partial charge in [0.15, 0.2) is 6.29 Å². The summed E-state index contributed by atoms with van der Waals surface area (Å²) in [4.78, 5) is 39.6. The molecule has 9 nitrogen and oxygen atoms in total. The number of aliphatic carboxylic acids is 1. The summed E-state index contributed by atoms with van der Waals surface area (Å²) in [6.45, 7) is 4.50. The van der Waals surface area contributed by atoms with Crippen LogP contribution in [-0.4, -0.2) is 85.0 Å². The van der Waals surface area contributed by atoms with Crippen molar-refractivity contribution < 1.29 is 33.7 Å². The summed E-state index contributed by atoms with van der Waals surface area (Å²) in [6, 6.07) is 20.1. The van der Waals surface area contributed by atoms with Crippen molar-refractivity contribution in [1.29, 1.82) is 0 Å². The summed E-state index contributed by atoms with van der Waals surface area (Å²) >= 11 is 0. The quantitative estimate of drug-likeness (QED) is 0.136. The second-order valence-corrected chi connectivity index (χ2v) is 9.77. The van der Waals surface area contributed by atoms with Crippen LogP contribution in [0.5, 0.6) is 0 Å². The van der Waals surface area contributed by atoms with Crippen molar-refractivity contribution in [3.63, 3.8) is 0 Å². The maximum absolute atomic E-state index is 12.8. The van der Waals surface area contributed by atoms with Crippen LogP contribution in [0.1, 0.15) is 36.4 Å². The Morgan fingerprint density at radius 1 is 1.05 bits per heavy atom. The van der Waals surface area contributed by atoms with Crippen LogP contribution in [0.4, 0.5) is 0 Å². The Kier molecular flexibility index (Phi) is 10.8. The number of carbonyl (C=O) groups is 3. The van der Waals surface area contributed by atoms with Gasteiger partial charge < -0.3 is 19.3 Å². The highest BCUT2D eigenvalue weighted by Gasteiger charge is 2.40. The molecule has 1 N–H and O–H groups in total. The van der Waals surface area contributed by atoms with Gasteiger partial charge >= 0.3 is 11.9 Å². The lowest BCUT2D eigenvalue weighted by molar-refractivity contribution is -0.202. The summed E-state index contributed by atoms with van der Waals surface area (Å²) in [5.74, 6) is -2.42. The van der Waals surface area contributed by atoms with E-state index in [0.717, 1.165) is 50.9 Å². The number of benzene rings is 2. The van der Waals surface area contributed by atoms with Gasteiger partial charge in [-0.1, -0.05) is 60.7 Å². The van der Waals surface area contributed by atoms with E-state index in [-0.39, 0.29) is 18.4 Å². The Hall–Kier alpha value is -3.37. The number of carbonyl (C=O) groups excluding carboxylic acids is 2. The van der Waals surface area contributed by atoms with Crippen molar-refractivity contribution in [3.8, 4) is 0 Å². The molecule has 2 heterocycles. The number of esters is 1. The van der Waals surface area contributed by atoms with Gasteiger partial charge in [-0.2, -0.15) is 0 Å². The molecule has 2 fully saturated rings. The van der Waals surface area contributed by atoms with E-state index in [1.165, 1.54) is 5.56 Å². The van der Waals surface area contributed by atoms with Gasteiger partial charge in [-0.3, -0.25) is 9.69 Å². The number of morpholine rings is 1. The Morgan fingerprint density at radius 2 is 1.74 bits per heavy atom. The van der Waals surface area contributed by atoms with Crippen molar-refractivity contribution >= 4 is 18.2 Å². The molecule has 2 aliphatic heterocycles. The topological polar surface area (TPSA) is 106 Å². The molecular formula is C30H36N2O7. The molecule has 39 heavy (non-hydrogen) atoms. The Labute approximate surface area is 228 Å². The molecule has 4 rings (SSSR count). The summed E-state index contributed by atoms with van der Waals surface area (Å²) in [5, 5.41) is 9.04. The van der Waals surface area contributed by atoms with E-state index in [1.807, 2.05) is 53.4 Å². The first-order chi connectivity index (χ1) is 19.0. The molecule has 3 atom stereocenters. The summed E-state index contributed by atoms with van der Waals surface area (Å²) < 4.78 is 17.4. The fourth-order valence-corrected chi connectivity index (χ4v) is 5.08. The zero-order chi connectivity index (χ0) is 27.5. The van der Waals surface area contributed by atoms with Crippen LogP contribution in [0, 0.1) is 0 Å². The molecule has 208 valence electrons. The minimum absolute atomic E-state index is 0.117. The van der Waals surface area contributed by atoms with E-state index >= 15 is 0 Å². The second kappa shape index (κ2) is 14.7. The van der Waals surface area contributed by atoms with Crippen LogP contribution < -0.4 is 0 Å². The van der Waals surface area contributed by atoms with E-state index in [2.05, 4.69) is 17.0 Å². The van der Waals surface area contributed by atoms with Crippen LogP contribution in [0.25, 0.3) is 0 Å². The van der Waals surface area contributed by atoms with E-state index < -0.39 is 23.9 Å². The fraction of sp³-hybridized carbons (Fsp3) is 0.433. The van der Waals surface area contributed by atoms with Crippen LogP contribution in [0.2, 0.25) is 0 Å². The highest BCUT2D eigenvalue weighted by molar-refractivity contribution is 6.11. The lowest BCUT2D eigenvalue weighted by atomic mass is 10.0. The van der Waals surface area contributed by atoms with E-state index in [4.69, 9.17) is 19.3 Å². The average Bonchev–Trinajstić information content (AvgIpc) is 3.35. The Balaban J connectivity index is 1.51. The third kappa shape index (κ3) is 8.56. The van der Waals surface area contributed by atoms with Crippen molar-refractivity contribution in [1.82, 2.24) is 9.80 Å². The number of hydrogen-bond donors (Lipinski definition) is 1. The number of carboxylic acid groups (broad SMARTS) is 1.